The molecule has 0 bridgehead atoms. The van der Waals surface area contributed by atoms with Crippen molar-refractivity contribution in [1.82, 2.24) is 4.98 Å². The monoisotopic (exact) mass is 262 g/mol. The van der Waals surface area contributed by atoms with Gasteiger partial charge in [-0.25, -0.2) is 0 Å². The number of esters is 1. The number of rotatable bonds is 4. The Morgan fingerprint density at radius 2 is 2.32 bits per heavy atom. The number of nitrogens with one attached hydrogen (secondary N) is 1. The van der Waals surface area contributed by atoms with Gasteiger partial charge in [0.25, 0.3) is 0 Å². The van der Waals surface area contributed by atoms with Gasteiger partial charge in [0.15, 0.2) is 0 Å². The number of anilines is 1. The first-order valence-electron chi connectivity index (χ1n) is 7.04. The zero-order chi connectivity index (χ0) is 13.7. The molecule has 1 saturated carbocycles. The van der Waals surface area contributed by atoms with Gasteiger partial charge in [0, 0.05) is 18.4 Å². The molecule has 2 unspecified atom stereocenters. The van der Waals surface area contributed by atoms with Gasteiger partial charge in [0.05, 0.1) is 18.2 Å². The van der Waals surface area contributed by atoms with E-state index < -0.39 is 0 Å². The van der Waals surface area contributed by atoms with E-state index >= 15 is 0 Å². The third-order valence-electron chi connectivity index (χ3n) is 3.54. The number of nitrogens with zero attached hydrogens (tertiary/aromatic N) is 1. The fraction of sp³-hybridized carbons (Fsp3) is 0.600. The second-order valence-electron chi connectivity index (χ2n) is 5.21. The smallest absolute Gasteiger partial charge is 0.308 e. The zero-order valence-corrected chi connectivity index (χ0v) is 11.7. The number of ether oxygens (including phenoxy) is 1. The normalized spacial score (nSPS) is 22.8. The predicted molar refractivity (Wildman–Crippen MR) is 75.0 cm³/mol. The minimum absolute atomic E-state index is 0.0450. The van der Waals surface area contributed by atoms with Crippen molar-refractivity contribution < 1.29 is 9.53 Å². The first kappa shape index (κ1) is 13.8. The van der Waals surface area contributed by atoms with Crippen molar-refractivity contribution in [1.29, 1.82) is 0 Å². The lowest BCUT2D eigenvalue weighted by Gasteiger charge is -2.29. The quantitative estimate of drug-likeness (QED) is 0.848. The van der Waals surface area contributed by atoms with Gasteiger partial charge in [-0.05, 0) is 44.7 Å². The van der Waals surface area contributed by atoms with E-state index in [-0.39, 0.29) is 11.9 Å². The fourth-order valence-electron chi connectivity index (χ4n) is 2.66. The van der Waals surface area contributed by atoms with Crippen molar-refractivity contribution in [2.45, 2.75) is 45.6 Å². The van der Waals surface area contributed by atoms with Crippen molar-refractivity contribution in [2.75, 3.05) is 11.9 Å². The minimum atomic E-state index is -0.0450. The van der Waals surface area contributed by atoms with Gasteiger partial charge in [-0.15, -0.1) is 0 Å². The molecule has 1 aliphatic rings. The van der Waals surface area contributed by atoms with Crippen molar-refractivity contribution in [3.05, 3.63) is 24.0 Å². The maximum absolute atomic E-state index is 11.8. The molecule has 0 saturated heterocycles. The average Bonchev–Trinajstić information content (AvgIpc) is 2.39. The van der Waals surface area contributed by atoms with Crippen LogP contribution in [0.15, 0.2) is 18.5 Å². The first-order chi connectivity index (χ1) is 9.19. The van der Waals surface area contributed by atoms with Crippen LogP contribution in [-0.4, -0.2) is 23.6 Å². The SMILES string of the molecule is CCOC(=O)C1CCCC(Nc2cncc(C)c2)C1. The van der Waals surface area contributed by atoms with Gasteiger partial charge in [0.2, 0.25) is 0 Å². The number of pyridine rings is 1. The van der Waals surface area contributed by atoms with E-state index in [1.165, 1.54) is 0 Å². The summed E-state index contributed by atoms with van der Waals surface area (Å²) in [5.41, 5.74) is 2.18. The second-order valence-corrected chi connectivity index (χ2v) is 5.21. The summed E-state index contributed by atoms with van der Waals surface area (Å²) in [7, 11) is 0. The minimum Gasteiger partial charge on any atom is -0.466 e. The van der Waals surface area contributed by atoms with Crippen LogP contribution in [0.2, 0.25) is 0 Å². The molecule has 4 nitrogen and oxygen atoms in total. The molecule has 1 N–H and O–H groups in total. The van der Waals surface area contributed by atoms with Crippen LogP contribution < -0.4 is 5.32 Å². The first-order valence-corrected chi connectivity index (χ1v) is 7.04. The van der Waals surface area contributed by atoms with Crippen LogP contribution in [0.5, 0.6) is 0 Å². The van der Waals surface area contributed by atoms with E-state index in [4.69, 9.17) is 4.74 Å². The number of carbonyl (C=O) groups excluding carboxylic acids is 1. The standard InChI is InChI=1S/C15H22N2O2/c1-3-19-15(18)12-5-4-6-13(8-12)17-14-7-11(2)9-16-10-14/h7,9-10,12-13,17H,3-6,8H2,1-2H3. The summed E-state index contributed by atoms with van der Waals surface area (Å²) in [5, 5.41) is 3.48. The molecule has 1 heterocycles. The summed E-state index contributed by atoms with van der Waals surface area (Å²) in [6.45, 7) is 4.35. The Bertz CT molecular complexity index is 434. The molecule has 0 aliphatic heterocycles. The molecule has 19 heavy (non-hydrogen) atoms. The summed E-state index contributed by atoms with van der Waals surface area (Å²) in [6, 6.07) is 2.42. The lowest BCUT2D eigenvalue weighted by Crippen LogP contribution is -2.32. The van der Waals surface area contributed by atoms with Crippen LogP contribution in [0.25, 0.3) is 0 Å². The molecule has 2 rings (SSSR count). The van der Waals surface area contributed by atoms with Crippen LogP contribution in [-0.2, 0) is 9.53 Å². The van der Waals surface area contributed by atoms with E-state index in [1.54, 1.807) is 0 Å². The Balaban J connectivity index is 1.92. The van der Waals surface area contributed by atoms with Crippen LogP contribution in [0.3, 0.4) is 0 Å². The second kappa shape index (κ2) is 6.55. The summed E-state index contributed by atoms with van der Waals surface area (Å²) in [4.78, 5) is 16.0. The third kappa shape index (κ3) is 3.94. The Morgan fingerprint density at radius 1 is 1.47 bits per heavy atom. The van der Waals surface area contributed by atoms with Gasteiger partial charge >= 0.3 is 5.97 Å². The Hall–Kier alpha value is -1.58. The van der Waals surface area contributed by atoms with Gasteiger partial charge < -0.3 is 10.1 Å². The summed E-state index contributed by atoms with van der Waals surface area (Å²) >= 11 is 0. The summed E-state index contributed by atoms with van der Waals surface area (Å²) in [5.74, 6) is 0.000311. The van der Waals surface area contributed by atoms with Crippen LogP contribution in [0.4, 0.5) is 5.69 Å². The molecular formula is C15H22N2O2. The molecule has 1 aromatic heterocycles. The topological polar surface area (TPSA) is 51.2 Å². The zero-order valence-electron chi connectivity index (χ0n) is 11.7. The molecule has 0 aromatic carbocycles. The molecule has 104 valence electrons. The van der Waals surface area contributed by atoms with E-state index in [2.05, 4.69) is 16.4 Å². The highest BCUT2D eigenvalue weighted by Crippen LogP contribution is 2.27. The Kier molecular flexibility index (Phi) is 4.77. The molecule has 2 atom stereocenters. The van der Waals surface area contributed by atoms with E-state index in [0.29, 0.717) is 12.6 Å². The molecule has 0 amide bonds. The van der Waals surface area contributed by atoms with Gasteiger partial charge in [-0.2, -0.15) is 0 Å². The number of hydrogen-bond acceptors (Lipinski definition) is 4. The fourth-order valence-corrected chi connectivity index (χ4v) is 2.66. The largest absolute Gasteiger partial charge is 0.466 e. The predicted octanol–water partition coefficient (Wildman–Crippen LogP) is 2.92. The van der Waals surface area contributed by atoms with Crippen molar-refractivity contribution in [3.63, 3.8) is 0 Å². The van der Waals surface area contributed by atoms with Crippen LogP contribution in [0, 0.1) is 12.8 Å². The summed E-state index contributed by atoms with van der Waals surface area (Å²) in [6.07, 6.45) is 7.65. The van der Waals surface area contributed by atoms with Crippen molar-refractivity contribution in [3.8, 4) is 0 Å². The highest BCUT2D eigenvalue weighted by molar-refractivity contribution is 5.72. The summed E-state index contributed by atoms with van der Waals surface area (Å²) < 4.78 is 5.12. The highest BCUT2D eigenvalue weighted by Gasteiger charge is 2.28. The molecule has 0 radical (unpaired) electrons. The molecule has 4 heteroatoms. The van der Waals surface area contributed by atoms with Crippen LogP contribution in [0.1, 0.15) is 38.2 Å². The molecule has 1 aromatic rings. The molecule has 1 fully saturated rings. The maximum atomic E-state index is 11.8. The third-order valence-corrected chi connectivity index (χ3v) is 3.54. The van der Waals surface area contributed by atoms with Gasteiger partial charge in [0.1, 0.15) is 0 Å². The van der Waals surface area contributed by atoms with Gasteiger partial charge in [-0.3, -0.25) is 9.78 Å². The Morgan fingerprint density at radius 3 is 3.05 bits per heavy atom. The molecule has 1 aliphatic carbocycles. The molecular weight excluding hydrogens is 240 g/mol. The van der Waals surface area contributed by atoms with E-state index in [1.807, 2.05) is 26.2 Å². The highest BCUT2D eigenvalue weighted by atomic mass is 16.5. The van der Waals surface area contributed by atoms with Crippen LogP contribution >= 0.6 is 0 Å². The molecule has 0 spiro atoms. The lowest BCUT2D eigenvalue weighted by molar-refractivity contribution is -0.149. The average molecular weight is 262 g/mol. The number of carbonyl (C=O) groups is 1. The van der Waals surface area contributed by atoms with Crippen molar-refractivity contribution >= 4 is 11.7 Å². The maximum Gasteiger partial charge on any atom is 0.308 e. The number of aryl methyl sites for hydroxylation is 1. The number of hydrogen-bond donors (Lipinski definition) is 1. The number of aromatic nitrogens is 1. The van der Waals surface area contributed by atoms with E-state index in [0.717, 1.165) is 36.9 Å². The lowest BCUT2D eigenvalue weighted by atomic mass is 9.85. The Labute approximate surface area is 114 Å². The van der Waals surface area contributed by atoms with E-state index in [9.17, 15) is 4.79 Å². The van der Waals surface area contributed by atoms with Gasteiger partial charge in [-0.1, -0.05) is 6.42 Å². The van der Waals surface area contributed by atoms with Crippen molar-refractivity contribution in [2.24, 2.45) is 5.92 Å².